The molecule has 0 unspecified atom stereocenters. The average Bonchev–Trinajstić information content (AvgIpc) is 3.01. The Labute approximate surface area is 234 Å². The summed E-state index contributed by atoms with van der Waals surface area (Å²) in [6.45, 7) is 7.61. The monoisotopic (exact) mass is 518 g/mol. The van der Waals surface area contributed by atoms with Crippen molar-refractivity contribution in [3.05, 3.63) is 126 Å². The Balaban J connectivity index is 1.23. The summed E-state index contributed by atoms with van der Waals surface area (Å²) in [5, 5.41) is 0. The van der Waals surface area contributed by atoms with E-state index >= 15 is 0 Å². The van der Waals surface area contributed by atoms with Gasteiger partial charge in [0.05, 0.1) is 0 Å². The third kappa shape index (κ3) is 6.96. The summed E-state index contributed by atoms with van der Waals surface area (Å²) in [6, 6.07) is 30.4. The quantitative estimate of drug-likeness (QED) is 0.254. The molecule has 1 amide bonds. The summed E-state index contributed by atoms with van der Waals surface area (Å²) < 4.78 is 0. The van der Waals surface area contributed by atoms with Crippen LogP contribution in [0.1, 0.15) is 77.9 Å². The molecule has 0 spiro atoms. The van der Waals surface area contributed by atoms with Crippen LogP contribution in [-0.2, 0) is 0 Å². The second-order valence-corrected chi connectivity index (χ2v) is 11.1. The van der Waals surface area contributed by atoms with Gasteiger partial charge in [0.2, 0.25) is 0 Å². The van der Waals surface area contributed by atoms with E-state index in [1.54, 1.807) is 0 Å². The predicted molar refractivity (Wildman–Crippen MR) is 163 cm³/mol. The third-order valence-electron chi connectivity index (χ3n) is 8.51. The highest BCUT2D eigenvalue weighted by Crippen LogP contribution is 2.30. The number of hydrogen-bond donors (Lipinski definition) is 0. The van der Waals surface area contributed by atoms with Crippen molar-refractivity contribution in [2.45, 2.75) is 56.9 Å². The van der Waals surface area contributed by atoms with Crippen molar-refractivity contribution in [1.82, 2.24) is 9.80 Å². The normalized spacial score (nSPS) is 16.6. The minimum atomic E-state index is 0.148. The van der Waals surface area contributed by atoms with Crippen LogP contribution in [-0.4, -0.2) is 47.9 Å². The van der Waals surface area contributed by atoms with Gasteiger partial charge in [-0.25, -0.2) is 0 Å². The van der Waals surface area contributed by atoms with Gasteiger partial charge in [-0.3, -0.25) is 9.69 Å². The second kappa shape index (κ2) is 13.6. The maximum atomic E-state index is 13.6. The SMILES string of the molecule is C=CCN(C(=O)c1cccc(C2=CCN(CCC(c3ccccc3)c3ccccc3)CC2)c1)C1CCCCC1. The molecule has 1 aliphatic carbocycles. The predicted octanol–water partition coefficient (Wildman–Crippen LogP) is 7.96. The molecule has 0 N–H and O–H groups in total. The molecule has 0 aromatic heterocycles. The van der Waals surface area contributed by atoms with E-state index in [2.05, 4.69) is 95.3 Å². The molecule has 39 heavy (non-hydrogen) atoms. The lowest BCUT2D eigenvalue weighted by molar-refractivity contribution is 0.0663. The molecule has 0 bridgehead atoms. The third-order valence-corrected chi connectivity index (χ3v) is 8.51. The van der Waals surface area contributed by atoms with Gasteiger partial charge in [-0.05, 0) is 66.6 Å². The van der Waals surface area contributed by atoms with Crippen molar-refractivity contribution in [2.24, 2.45) is 0 Å². The Bertz CT molecular complexity index is 1200. The van der Waals surface area contributed by atoms with E-state index in [4.69, 9.17) is 0 Å². The fourth-order valence-corrected chi connectivity index (χ4v) is 6.33. The Hall–Kier alpha value is -3.43. The topological polar surface area (TPSA) is 23.6 Å². The summed E-state index contributed by atoms with van der Waals surface area (Å²) in [6.07, 6.45) is 12.3. The molecule has 5 rings (SSSR count). The van der Waals surface area contributed by atoms with Crippen LogP contribution in [0.5, 0.6) is 0 Å². The number of carbonyl (C=O) groups is 1. The number of benzene rings is 3. The molecular formula is C36H42N2O. The van der Waals surface area contributed by atoms with Crippen molar-refractivity contribution in [2.75, 3.05) is 26.2 Å². The summed E-state index contributed by atoms with van der Waals surface area (Å²) in [4.78, 5) is 18.2. The van der Waals surface area contributed by atoms with E-state index in [0.29, 0.717) is 18.5 Å². The fourth-order valence-electron chi connectivity index (χ4n) is 6.33. The minimum absolute atomic E-state index is 0.148. The zero-order chi connectivity index (χ0) is 26.9. The highest BCUT2D eigenvalue weighted by molar-refractivity contribution is 5.95. The molecule has 3 aromatic rings. The maximum absolute atomic E-state index is 13.6. The number of hydrogen-bond acceptors (Lipinski definition) is 2. The number of amides is 1. The molecule has 1 saturated carbocycles. The molecular weight excluding hydrogens is 476 g/mol. The van der Waals surface area contributed by atoms with Gasteiger partial charge in [0, 0.05) is 37.2 Å². The lowest BCUT2D eigenvalue weighted by Gasteiger charge is -2.34. The van der Waals surface area contributed by atoms with Crippen LogP contribution >= 0.6 is 0 Å². The zero-order valence-electron chi connectivity index (χ0n) is 23.2. The van der Waals surface area contributed by atoms with E-state index in [1.165, 1.54) is 41.5 Å². The van der Waals surface area contributed by atoms with E-state index < -0.39 is 0 Å². The zero-order valence-corrected chi connectivity index (χ0v) is 23.2. The Morgan fingerprint density at radius 1 is 0.923 bits per heavy atom. The van der Waals surface area contributed by atoms with Crippen LogP contribution in [0.15, 0.2) is 104 Å². The van der Waals surface area contributed by atoms with Gasteiger partial charge in [-0.15, -0.1) is 6.58 Å². The van der Waals surface area contributed by atoms with Crippen molar-refractivity contribution in [3.63, 3.8) is 0 Å². The second-order valence-electron chi connectivity index (χ2n) is 11.1. The summed E-state index contributed by atoms with van der Waals surface area (Å²) >= 11 is 0. The maximum Gasteiger partial charge on any atom is 0.254 e. The van der Waals surface area contributed by atoms with E-state index in [-0.39, 0.29) is 5.91 Å². The number of nitrogens with zero attached hydrogens (tertiary/aromatic N) is 2. The molecule has 1 heterocycles. The standard InChI is InChI=1S/C36H42N2O/c1-2-24-38(34-19-10-5-11-20-34)36(39)33-18-12-17-32(28-33)29-21-25-37(26-22-29)27-23-35(30-13-6-3-7-14-30)31-15-8-4-9-16-31/h2-4,6-9,12-18,21,28,34-35H,1,5,10-11,19-20,22-27H2. The fraction of sp³-hybridized carbons (Fsp3) is 0.361. The first-order chi connectivity index (χ1) is 19.2. The molecule has 3 aromatic carbocycles. The molecule has 202 valence electrons. The van der Waals surface area contributed by atoms with Crippen molar-refractivity contribution >= 4 is 11.5 Å². The summed E-state index contributed by atoms with van der Waals surface area (Å²) in [7, 11) is 0. The Morgan fingerprint density at radius 2 is 1.62 bits per heavy atom. The van der Waals surface area contributed by atoms with Gasteiger partial charge in [-0.1, -0.05) is 104 Å². The largest absolute Gasteiger partial charge is 0.332 e. The van der Waals surface area contributed by atoms with Crippen molar-refractivity contribution in [3.8, 4) is 0 Å². The van der Waals surface area contributed by atoms with Gasteiger partial charge in [0.15, 0.2) is 0 Å². The lowest BCUT2D eigenvalue weighted by atomic mass is 9.88. The smallest absolute Gasteiger partial charge is 0.254 e. The molecule has 3 nitrogen and oxygen atoms in total. The molecule has 2 aliphatic rings. The van der Waals surface area contributed by atoms with Crippen LogP contribution in [0, 0.1) is 0 Å². The van der Waals surface area contributed by atoms with Gasteiger partial charge in [0.1, 0.15) is 0 Å². The van der Waals surface area contributed by atoms with E-state index in [1.807, 2.05) is 18.2 Å². The van der Waals surface area contributed by atoms with Gasteiger partial charge in [-0.2, -0.15) is 0 Å². The highest BCUT2D eigenvalue weighted by Gasteiger charge is 2.26. The van der Waals surface area contributed by atoms with E-state index in [9.17, 15) is 4.79 Å². The first-order valence-corrected chi connectivity index (χ1v) is 14.8. The lowest BCUT2D eigenvalue weighted by Crippen LogP contribution is -2.41. The van der Waals surface area contributed by atoms with Gasteiger partial charge < -0.3 is 4.90 Å². The minimum Gasteiger partial charge on any atom is -0.332 e. The van der Waals surface area contributed by atoms with Crippen LogP contribution in [0.25, 0.3) is 5.57 Å². The molecule has 3 heteroatoms. The molecule has 0 atom stereocenters. The highest BCUT2D eigenvalue weighted by atomic mass is 16.2. The van der Waals surface area contributed by atoms with Crippen LogP contribution < -0.4 is 0 Å². The molecule has 0 radical (unpaired) electrons. The Kier molecular flexibility index (Phi) is 9.45. The number of carbonyl (C=O) groups excluding carboxylic acids is 1. The summed E-state index contributed by atoms with van der Waals surface area (Å²) in [5.41, 5.74) is 6.12. The van der Waals surface area contributed by atoms with E-state index in [0.717, 1.165) is 50.9 Å². The van der Waals surface area contributed by atoms with Crippen LogP contribution in [0.3, 0.4) is 0 Å². The first-order valence-electron chi connectivity index (χ1n) is 14.8. The summed E-state index contributed by atoms with van der Waals surface area (Å²) in [5.74, 6) is 0.553. The molecule has 1 aliphatic heterocycles. The molecule has 1 fully saturated rings. The Morgan fingerprint density at radius 3 is 2.23 bits per heavy atom. The molecule has 0 saturated heterocycles. The van der Waals surface area contributed by atoms with Crippen molar-refractivity contribution in [1.29, 1.82) is 0 Å². The van der Waals surface area contributed by atoms with Crippen LogP contribution in [0.4, 0.5) is 0 Å². The van der Waals surface area contributed by atoms with Gasteiger partial charge in [0.25, 0.3) is 5.91 Å². The van der Waals surface area contributed by atoms with Crippen LogP contribution in [0.2, 0.25) is 0 Å². The average molecular weight is 519 g/mol. The van der Waals surface area contributed by atoms with Crippen molar-refractivity contribution < 1.29 is 4.79 Å². The first kappa shape index (κ1) is 27.1. The van der Waals surface area contributed by atoms with Gasteiger partial charge >= 0.3 is 0 Å². The number of rotatable bonds is 10.